The zero-order valence-corrected chi connectivity index (χ0v) is 17.3. The Kier molecular flexibility index (Phi) is 5.52. The number of aromatic nitrogens is 1. The Balaban J connectivity index is 1.47. The third-order valence-corrected chi connectivity index (χ3v) is 5.95. The molecule has 1 amide bonds. The number of aromatic amines is 1. The highest BCUT2D eigenvalue weighted by Crippen LogP contribution is 2.50. The Morgan fingerprint density at radius 2 is 2.03 bits per heavy atom. The van der Waals surface area contributed by atoms with Gasteiger partial charge in [-0.15, -0.1) is 0 Å². The van der Waals surface area contributed by atoms with Gasteiger partial charge in [-0.3, -0.25) is 4.79 Å². The van der Waals surface area contributed by atoms with E-state index in [1.807, 2.05) is 36.5 Å². The number of methoxy groups -OCH3 is 1. The number of nitrogens with one attached hydrogen (secondary N) is 2. The lowest BCUT2D eigenvalue weighted by molar-refractivity contribution is -0.145. The zero-order valence-electron chi connectivity index (χ0n) is 15.7. The minimum atomic E-state index is -0.756. The fraction of sp³-hybridized carbons (Fsp3) is 0.273. The summed E-state index contributed by atoms with van der Waals surface area (Å²) in [6.07, 6.45) is 2.90. The standard InChI is InChI=1S/C22H20Cl2N2O3/c1-29-22(28)20(8-12-11-25-19-5-3-2-4-14(12)19)26-21(27)17-10-16(17)15-7-6-13(23)9-18(15)24/h2-7,9,11,16-17,20,25H,8,10H2,1H3,(H,26,27)/t16?,17?,20-/m1/s1. The Bertz CT molecular complexity index is 1080. The maximum atomic E-state index is 12.8. The highest BCUT2D eigenvalue weighted by Gasteiger charge is 2.45. The van der Waals surface area contributed by atoms with E-state index in [2.05, 4.69) is 10.3 Å². The number of para-hydroxylation sites is 1. The average Bonchev–Trinajstić information content (AvgIpc) is 3.40. The summed E-state index contributed by atoms with van der Waals surface area (Å²) in [6.45, 7) is 0. The first-order valence-electron chi connectivity index (χ1n) is 9.36. The van der Waals surface area contributed by atoms with E-state index in [9.17, 15) is 9.59 Å². The summed E-state index contributed by atoms with van der Waals surface area (Å²) in [5.74, 6) is -0.823. The van der Waals surface area contributed by atoms with Gasteiger partial charge in [0.2, 0.25) is 5.91 Å². The van der Waals surface area contributed by atoms with Gasteiger partial charge < -0.3 is 15.0 Å². The molecule has 0 aliphatic heterocycles. The number of hydrogen-bond acceptors (Lipinski definition) is 3. The van der Waals surface area contributed by atoms with Crippen LogP contribution in [0.3, 0.4) is 0 Å². The van der Waals surface area contributed by atoms with Gasteiger partial charge in [0, 0.05) is 39.5 Å². The fourth-order valence-corrected chi connectivity index (χ4v) is 4.31. The number of fused-ring (bicyclic) bond motifs is 1. The van der Waals surface area contributed by atoms with Crippen LogP contribution in [0.15, 0.2) is 48.7 Å². The molecule has 3 aromatic rings. The van der Waals surface area contributed by atoms with Gasteiger partial charge in [-0.2, -0.15) is 0 Å². The molecule has 2 unspecified atom stereocenters. The highest BCUT2D eigenvalue weighted by atomic mass is 35.5. The van der Waals surface area contributed by atoms with E-state index in [0.717, 1.165) is 22.0 Å². The topological polar surface area (TPSA) is 71.2 Å². The number of rotatable bonds is 6. The van der Waals surface area contributed by atoms with E-state index in [1.54, 1.807) is 12.1 Å². The molecule has 4 rings (SSSR count). The van der Waals surface area contributed by atoms with Crippen molar-refractivity contribution < 1.29 is 14.3 Å². The lowest BCUT2D eigenvalue weighted by Crippen LogP contribution is -2.43. The van der Waals surface area contributed by atoms with E-state index in [-0.39, 0.29) is 17.7 Å². The lowest BCUT2D eigenvalue weighted by atomic mass is 10.0. The number of amides is 1. The van der Waals surface area contributed by atoms with Crippen LogP contribution in [-0.4, -0.2) is 30.0 Å². The third kappa shape index (κ3) is 4.11. The molecule has 29 heavy (non-hydrogen) atoms. The molecule has 1 heterocycles. The SMILES string of the molecule is COC(=O)[C@@H](Cc1c[nH]c2ccccc12)NC(=O)C1CC1c1ccc(Cl)cc1Cl. The van der Waals surface area contributed by atoms with Gasteiger partial charge in [0.15, 0.2) is 0 Å². The summed E-state index contributed by atoms with van der Waals surface area (Å²) in [6, 6.07) is 12.4. The van der Waals surface area contributed by atoms with Crippen LogP contribution in [0.4, 0.5) is 0 Å². The molecule has 150 valence electrons. The Morgan fingerprint density at radius 1 is 1.24 bits per heavy atom. The van der Waals surface area contributed by atoms with Crippen molar-refractivity contribution in [3.05, 3.63) is 69.8 Å². The van der Waals surface area contributed by atoms with Crippen LogP contribution in [0, 0.1) is 5.92 Å². The maximum absolute atomic E-state index is 12.8. The molecule has 0 bridgehead atoms. The van der Waals surface area contributed by atoms with Crippen molar-refractivity contribution in [3.8, 4) is 0 Å². The molecular weight excluding hydrogens is 411 g/mol. The average molecular weight is 431 g/mol. The van der Waals surface area contributed by atoms with Crippen molar-refractivity contribution >= 4 is 46.0 Å². The number of carbonyl (C=O) groups is 2. The molecule has 0 spiro atoms. The monoisotopic (exact) mass is 430 g/mol. The summed E-state index contributed by atoms with van der Waals surface area (Å²) in [4.78, 5) is 28.3. The summed E-state index contributed by atoms with van der Waals surface area (Å²) in [5.41, 5.74) is 2.84. The third-order valence-electron chi connectivity index (χ3n) is 5.39. The molecule has 1 aliphatic carbocycles. The summed E-state index contributed by atoms with van der Waals surface area (Å²) in [5, 5.41) is 5.00. The van der Waals surface area contributed by atoms with Gasteiger partial charge >= 0.3 is 5.97 Å². The second kappa shape index (κ2) is 8.09. The Morgan fingerprint density at radius 3 is 2.79 bits per heavy atom. The molecule has 1 fully saturated rings. The van der Waals surface area contributed by atoms with E-state index in [4.69, 9.17) is 27.9 Å². The van der Waals surface area contributed by atoms with Gasteiger partial charge in [-0.05, 0) is 41.7 Å². The lowest BCUT2D eigenvalue weighted by Gasteiger charge is -2.16. The van der Waals surface area contributed by atoms with Crippen molar-refractivity contribution in [2.24, 2.45) is 5.92 Å². The van der Waals surface area contributed by atoms with Crippen molar-refractivity contribution in [2.75, 3.05) is 7.11 Å². The van der Waals surface area contributed by atoms with Crippen LogP contribution in [0.5, 0.6) is 0 Å². The minimum absolute atomic E-state index is 0.0335. The van der Waals surface area contributed by atoms with Crippen LogP contribution in [0.25, 0.3) is 10.9 Å². The number of carbonyl (C=O) groups excluding carboxylic acids is 2. The molecule has 7 heteroatoms. The summed E-state index contributed by atoms with van der Waals surface area (Å²) in [7, 11) is 1.32. The highest BCUT2D eigenvalue weighted by molar-refractivity contribution is 6.35. The predicted octanol–water partition coefficient (Wildman–Crippen LogP) is 4.48. The van der Waals surface area contributed by atoms with Crippen molar-refractivity contribution in [3.63, 3.8) is 0 Å². The van der Waals surface area contributed by atoms with Crippen LogP contribution < -0.4 is 5.32 Å². The first-order valence-corrected chi connectivity index (χ1v) is 10.1. The van der Waals surface area contributed by atoms with Crippen molar-refractivity contribution in [1.29, 1.82) is 0 Å². The molecule has 0 radical (unpaired) electrons. The molecule has 0 saturated heterocycles. The van der Waals surface area contributed by atoms with Gasteiger partial charge in [0.25, 0.3) is 0 Å². The predicted molar refractivity (Wildman–Crippen MR) is 113 cm³/mol. The molecule has 1 aromatic heterocycles. The number of esters is 1. The Labute approximate surface area is 178 Å². The van der Waals surface area contributed by atoms with Crippen molar-refractivity contribution in [1.82, 2.24) is 10.3 Å². The van der Waals surface area contributed by atoms with E-state index in [0.29, 0.717) is 22.9 Å². The van der Waals surface area contributed by atoms with Crippen LogP contribution in [0.1, 0.15) is 23.5 Å². The molecule has 3 atom stereocenters. The van der Waals surface area contributed by atoms with Crippen LogP contribution >= 0.6 is 23.2 Å². The summed E-state index contributed by atoms with van der Waals surface area (Å²) < 4.78 is 4.92. The van der Waals surface area contributed by atoms with Crippen molar-refractivity contribution in [2.45, 2.75) is 24.8 Å². The number of benzene rings is 2. The van der Waals surface area contributed by atoms with Gasteiger partial charge in [0.1, 0.15) is 6.04 Å². The normalized spacial score (nSPS) is 19.0. The molecule has 5 nitrogen and oxygen atoms in total. The molecule has 2 aromatic carbocycles. The fourth-order valence-electron chi connectivity index (χ4n) is 3.77. The number of hydrogen-bond donors (Lipinski definition) is 2. The largest absolute Gasteiger partial charge is 0.467 e. The van der Waals surface area contributed by atoms with Gasteiger partial charge in [-0.1, -0.05) is 47.5 Å². The van der Waals surface area contributed by atoms with E-state index < -0.39 is 12.0 Å². The number of halogens is 2. The quantitative estimate of drug-likeness (QED) is 0.566. The second-order valence-electron chi connectivity index (χ2n) is 7.26. The molecule has 1 aliphatic rings. The van der Waals surface area contributed by atoms with Crippen LogP contribution in [-0.2, 0) is 20.7 Å². The van der Waals surface area contributed by atoms with Gasteiger partial charge in [-0.25, -0.2) is 4.79 Å². The summed E-state index contributed by atoms with van der Waals surface area (Å²) >= 11 is 12.2. The number of H-pyrrole nitrogens is 1. The second-order valence-corrected chi connectivity index (χ2v) is 8.11. The number of ether oxygens (including phenoxy) is 1. The van der Waals surface area contributed by atoms with E-state index in [1.165, 1.54) is 7.11 Å². The smallest absolute Gasteiger partial charge is 0.328 e. The minimum Gasteiger partial charge on any atom is -0.467 e. The first-order chi connectivity index (χ1) is 14.0. The van der Waals surface area contributed by atoms with Gasteiger partial charge in [0.05, 0.1) is 7.11 Å². The molecule has 2 N–H and O–H groups in total. The zero-order chi connectivity index (χ0) is 20.5. The molecule has 1 saturated carbocycles. The first kappa shape index (κ1) is 19.8. The Hall–Kier alpha value is -2.50. The maximum Gasteiger partial charge on any atom is 0.328 e. The van der Waals surface area contributed by atoms with Crippen LogP contribution in [0.2, 0.25) is 10.0 Å². The van der Waals surface area contributed by atoms with E-state index >= 15 is 0 Å². The molecular formula is C22H20Cl2N2O3.